The zero-order valence-corrected chi connectivity index (χ0v) is 10.2. The molecule has 104 valence electrons. The van der Waals surface area contributed by atoms with Crippen LogP contribution in [0, 0.1) is 11.6 Å². The van der Waals surface area contributed by atoms with Gasteiger partial charge in [0.2, 0.25) is 0 Å². The molecule has 4 nitrogen and oxygen atoms in total. The molecule has 0 saturated heterocycles. The Kier molecular flexibility index (Phi) is 3.84. The van der Waals surface area contributed by atoms with Crippen molar-refractivity contribution in [2.24, 2.45) is 0 Å². The van der Waals surface area contributed by atoms with E-state index in [9.17, 15) is 23.8 Å². The van der Waals surface area contributed by atoms with Crippen LogP contribution in [0.4, 0.5) is 8.78 Å². The second-order valence-electron chi connectivity index (χ2n) is 4.09. The lowest BCUT2D eigenvalue weighted by Crippen LogP contribution is -2.23. The summed E-state index contributed by atoms with van der Waals surface area (Å²) in [5, 5.41) is 21.2. The second kappa shape index (κ2) is 5.56. The first-order valence-electron chi connectivity index (χ1n) is 5.72. The molecule has 0 heterocycles. The van der Waals surface area contributed by atoms with Gasteiger partial charge in [-0.1, -0.05) is 12.1 Å². The van der Waals surface area contributed by atoms with Gasteiger partial charge in [-0.3, -0.25) is 4.79 Å². The summed E-state index contributed by atoms with van der Waals surface area (Å²) in [7, 11) is 0. The number of rotatable bonds is 3. The standard InChI is InChI=1S/C14H11F2NO3/c15-9-5-4-8(11(16)6-9)7-17-14(20)10-2-1-3-12(18)13(10)19/h1-6,18-19H,7H2,(H,17,20). The Morgan fingerprint density at radius 1 is 1.15 bits per heavy atom. The van der Waals surface area contributed by atoms with Crippen molar-refractivity contribution in [3.8, 4) is 11.5 Å². The molecule has 0 aliphatic rings. The third-order valence-corrected chi connectivity index (χ3v) is 2.71. The van der Waals surface area contributed by atoms with Gasteiger partial charge in [0.1, 0.15) is 11.6 Å². The van der Waals surface area contributed by atoms with Gasteiger partial charge in [0, 0.05) is 18.2 Å². The van der Waals surface area contributed by atoms with Crippen LogP contribution in [-0.2, 0) is 6.54 Å². The maximum Gasteiger partial charge on any atom is 0.255 e. The van der Waals surface area contributed by atoms with E-state index in [1.165, 1.54) is 24.3 Å². The molecule has 0 spiro atoms. The number of amides is 1. The van der Waals surface area contributed by atoms with Crippen molar-refractivity contribution in [1.29, 1.82) is 0 Å². The van der Waals surface area contributed by atoms with Gasteiger partial charge >= 0.3 is 0 Å². The molecule has 0 aromatic heterocycles. The number of carbonyl (C=O) groups is 1. The summed E-state index contributed by atoms with van der Waals surface area (Å²) in [4.78, 5) is 11.8. The highest BCUT2D eigenvalue weighted by Crippen LogP contribution is 2.28. The zero-order chi connectivity index (χ0) is 14.7. The lowest BCUT2D eigenvalue weighted by molar-refractivity contribution is 0.0947. The molecular weight excluding hydrogens is 268 g/mol. The van der Waals surface area contributed by atoms with Crippen LogP contribution < -0.4 is 5.32 Å². The van der Waals surface area contributed by atoms with Crippen molar-refractivity contribution in [2.75, 3.05) is 0 Å². The number of halogens is 2. The zero-order valence-electron chi connectivity index (χ0n) is 10.2. The minimum atomic E-state index is -0.773. The van der Waals surface area contributed by atoms with E-state index < -0.39 is 29.0 Å². The Hall–Kier alpha value is -2.63. The summed E-state index contributed by atoms with van der Waals surface area (Å²) >= 11 is 0. The van der Waals surface area contributed by atoms with Crippen molar-refractivity contribution in [2.45, 2.75) is 6.54 Å². The largest absolute Gasteiger partial charge is 0.504 e. The van der Waals surface area contributed by atoms with Crippen LogP contribution in [0.3, 0.4) is 0 Å². The highest BCUT2D eigenvalue weighted by Gasteiger charge is 2.14. The normalized spacial score (nSPS) is 10.3. The molecule has 0 aliphatic heterocycles. The van der Waals surface area contributed by atoms with E-state index in [1.807, 2.05) is 0 Å². The molecule has 0 unspecified atom stereocenters. The number of phenolic OH excluding ortho intramolecular Hbond substituents is 2. The van der Waals surface area contributed by atoms with E-state index >= 15 is 0 Å². The summed E-state index contributed by atoms with van der Waals surface area (Å²) in [5.74, 6) is -3.13. The SMILES string of the molecule is O=C(NCc1ccc(F)cc1F)c1cccc(O)c1O. The van der Waals surface area contributed by atoms with Crippen molar-refractivity contribution < 1.29 is 23.8 Å². The lowest BCUT2D eigenvalue weighted by atomic mass is 10.1. The van der Waals surface area contributed by atoms with E-state index in [2.05, 4.69) is 5.32 Å². The van der Waals surface area contributed by atoms with E-state index in [0.29, 0.717) is 6.07 Å². The molecule has 2 rings (SSSR count). The first kappa shape index (κ1) is 13.8. The summed E-state index contributed by atoms with van der Waals surface area (Å²) in [6, 6.07) is 6.94. The number of phenols is 2. The van der Waals surface area contributed by atoms with Gasteiger partial charge in [0.25, 0.3) is 5.91 Å². The predicted molar refractivity (Wildman–Crippen MR) is 67.3 cm³/mol. The van der Waals surface area contributed by atoms with E-state index in [1.54, 1.807) is 0 Å². The Morgan fingerprint density at radius 2 is 1.90 bits per heavy atom. The van der Waals surface area contributed by atoms with Gasteiger partial charge < -0.3 is 15.5 Å². The first-order chi connectivity index (χ1) is 9.49. The molecule has 0 radical (unpaired) electrons. The third kappa shape index (κ3) is 2.85. The van der Waals surface area contributed by atoms with Gasteiger partial charge in [0.15, 0.2) is 11.5 Å². The van der Waals surface area contributed by atoms with Crippen molar-refractivity contribution in [3.63, 3.8) is 0 Å². The quantitative estimate of drug-likeness (QED) is 0.755. The highest BCUT2D eigenvalue weighted by molar-refractivity contribution is 5.97. The molecular formula is C14H11F2NO3. The maximum atomic E-state index is 13.4. The summed E-state index contributed by atoms with van der Waals surface area (Å²) < 4.78 is 26.1. The molecule has 2 aromatic carbocycles. The number of aromatic hydroxyl groups is 2. The number of nitrogens with one attached hydrogen (secondary N) is 1. The topological polar surface area (TPSA) is 69.6 Å². The van der Waals surface area contributed by atoms with Crippen LogP contribution in [0.15, 0.2) is 36.4 Å². The number of benzene rings is 2. The van der Waals surface area contributed by atoms with Gasteiger partial charge in [-0.05, 0) is 18.2 Å². The van der Waals surface area contributed by atoms with Crippen LogP contribution >= 0.6 is 0 Å². The van der Waals surface area contributed by atoms with Crippen LogP contribution in [0.2, 0.25) is 0 Å². The Labute approximate surface area is 113 Å². The molecule has 1 amide bonds. The molecule has 0 atom stereocenters. The lowest BCUT2D eigenvalue weighted by Gasteiger charge is -2.08. The summed E-state index contributed by atoms with van der Waals surface area (Å²) in [6.45, 7) is -0.167. The fourth-order valence-electron chi connectivity index (χ4n) is 1.65. The van der Waals surface area contributed by atoms with Crippen molar-refractivity contribution in [1.82, 2.24) is 5.32 Å². The van der Waals surface area contributed by atoms with Gasteiger partial charge in [-0.25, -0.2) is 8.78 Å². The van der Waals surface area contributed by atoms with E-state index in [0.717, 1.165) is 6.07 Å². The minimum Gasteiger partial charge on any atom is -0.504 e. The summed E-state index contributed by atoms with van der Waals surface area (Å²) in [5.41, 5.74) is -0.0214. The Balaban J connectivity index is 2.11. The molecule has 0 fully saturated rings. The number of para-hydroxylation sites is 1. The van der Waals surface area contributed by atoms with Gasteiger partial charge in [-0.2, -0.15) is 0 Å². The van der Waals surface area contributed by atoms with Crippen molar-refractivity contribution in [3.05, 3.63) is 59.2 Å². The molecule has 0 aliphatic carbocycles. The second-order valence-corrected chi connectivity index (χ2v) is 4.09. The van der Waals surface area contributed by atoms with Crippen LogP contribution in [-0.4, -0.2) is 16.1 Å². The number of hydrogen-bond acceptors (Lipinski definition) is 3. The average molecular weight is 279 g/mol. The smallest absolute Gasteiger partial charge is 0.255 e. The summed E-state index contributed by atoms with van der Waals surface area (Å²) in [6.07, 6.45) is 0. The fourth-order valence-corrected chi connectivity index (χ4v) is 1.65. The molecule has 0 saturated carbocycles. The van der Waals surface area contributed by atoms with Crippen LogP contribution in [0.5, 0.6) is 11.5 Å². The minimum absolute atomic E-state index is 0.111. The molecule has 0 bridgehead atoms. The van der Waals surface area contributed by atoms with Gasteiger partial charge in [-0.15, -0.1) is 0 Å². The highest BCUT2D eigenvalue weighted by atomic mass is 19.1. The van der Waals surface area contributed by atoms with E-state index in [4.69, 9.17) is 0 Å². The van der Waals surface area contributed by atoms with Crippen LogP contribution in [0.25, 0.3) is 0 Å². The van der Waals surface area contributed by atoms with Crippen molar-refractivity contribution >= 4 is 5.91 Å². The molecule has 2 aromatic rings. The Bertz CT molecular complexity index is 659. The molecule has 3 N–H and O–H groups in total. The van der Waals surface area contributed by atoms with Crippen LogP contribution in [0.1, 0.15) is 15.9 Å². The molecule has 20 heavy (non-hydrogen) atoms. The number of carbonyl (C=O) groups excluding carboxylic acids is 1. The Morgan fingerprint density at radius 3 is 2.60 bits per heavy atom. The first-order valence-corrected chi connectivity index (χ1v) is 5.72. The third-order valence-electron chi connectivity index (χ3n) is 2.71. The predicted octanol–water partition coefficient (Wildman–Crippen LogP) is 2.31. The number of hydrogen-bond donors (Lipinski definition) is 3. The van der Waals surface area contributed by atoms with E-state index in [-0.39, 0.29) is 17.7 Å². The monoisotopic (exact) mass is 279 g/mol. The fraction of sp³-hybridized carbons (Fsp3) is 0.0714. The molecule has 6 heteroatoms. The average Bonchev–Trinajstić information content (AvgIpc) is 2.40. The maximum absolute atomic E-state index is 13.4. The van der Waals surface area contributed by atoms with Gasteiger partial charge in [0.05, 0.1) is 5.56 Å².